The molecule has 1 aromatic heterocycles. The smallest absolute Gasteiger partial charge is 0.308 e. The van der Waals surface area contributed by atoms with Crippen molar-refractivity contribution in [3.63, 3.8) is 0 Å². The van der Waals surface area contributed by atoms with E-state index in [0.29, 0.717) is 11.4 Å². The highest BCUT2D eigenvalue weighted by atomic mass is 16.6. The van der Waals surface area contributed by atoms with Gasteiger partial charge in [0, 0.05) is 17.7 Å². The second kappa shape index (κ2) is 5.70. The summed E-state index contributed by atoms with van der Waals surface area (Å²) < 4.78 is 1.45. The van der Waals surface area contributed by atoms with Crippen molar-refractivity contribution in [1.29, 1.82) is 0 Å². The molecule has 0 aliphatic rings. The lowest BCUT2D eigenvalue weighted by Gasteiger charge is -2.15. The zero-order valence-electron chi connectivity index (χ0n) is 11.5. The van der Waals surface area contributed by atoms with E-state index < -0.39 is 16.8 Å². The molecule has 8 nitrogen and oxygen atoms in total. The summed E-state index contributed by atoms with van der Waals surface area (Å²) in [7, 11) is 0. The van der Waals surface area contributed by atoms with Gasteiger partial charge in [0.2, 0.25) is 0 Å². The molecule has 110 valence electrons. The van der Waals surface area contributed by atoms with E-state index in [1.807, 2.05) is 0 Å². The van der Waals surface area contributed by atoms with Crippen LogP contribution >= 0.6 is 0 Å². The Morgan fingerprint density at radius 1 is 1.43 bits per heavy atom. The lowest BCUT2D eigenvalue weighted by molar-refractivity contribution is -0.384. The van der Waals surface area contributed by atoms with E-state index in [-0.39, 0.29) is 11.7 Å². The van der Waals surface area contributed by atoms with Crippen LogP contribution in [-0.4, -0.2) is 30.8 Å². The molecule has 2 atom stereocenters. The molecule has 8 heteroatoms. The molecule has 1 heterocycles. The van der Waals surface area contributed by atoms with Crippen LogP contribution in [0, 0.1) is 16.0 Å². The summed E-state index contributed by atoms with van der Waals surface area (Å²) in [5, 5.41) is 24.0. The molecule has 0 aliphatic carbocycles. The van der Waals surface area contributed by atoms with Crippen LogP contribution < -0.4 is 0 Å². The molecule has 0 saturated carbocycles. The van der Waals surface area contributed by atoms with Gasteiger partial charge >= 0.3 is 5.97 Å². The number of nitrogens with zero attached hydrogens (tertiary/aromatic N) is 4. The van der Waals surface area contributed by atoms with E-state index in [0.717, 1.165) is 0 Å². The van der Waals surface area contributed by atoms with E-state index in [9.17, 15) is 14.9 Å². The van der Waals surface area contributed by atoms with Crippen LogP contribution in [-0.2, 0) is 4.79 Å². The Labute approximate surface area is 120 Å². The maximum absolute atomic E-state index is 11.0. The number of carbonyl (C=O) groups is 1. The first-order chi connectivity index (χ1) is 9.90. The van der Waals surface area contributed by atoms with Gasteiger partial charge in [-0.3, -0.25) is 14.9 Å². The zero-order valence-corrected chi connectivity index (χ0v) is 11.5. The molecule has 0 bridgehead atoms. The summed E-state index contributed by atoms with van der Waals surface area (Å²) >= 11 is 0. The average molecular weight is 290 g/mol. The third-order valence-electron chi connectivity index (χ3n) is 3.35. The van der Waals surface area contributed by atoms with Crippen LogP contribution in [0.2, 0.25) is 0 Å². The highest BCUT2D eigenvalue weighted by Gasteiger charge is 2.22. The molecular weight excluding hydrogens is 276 g/mol. The lowest BCUT2D eigenvalue weighted by Crippen LogP contribution is -2.22. The molecule has 1 N–H and O–H groups in total. The number of hydrogen-bond donors (Lipinski definition) is 1. The first-order valence-corrected chi connectivity index (χ1v) is 6.29. The quantitative estimate of drug-likeness (QED) is 0.667. The summed E-state index contributed by atoms with van der Waals surface area (Å²) in [4.78, 5) is 25.3. The molecule has 0 saturated heterocycles. The normalized spacial score (nSPS) is 13.6. The van der Waals surface area contributed by atoms with Gasteiger partial charge in [-0.1, -0.05) is 12.1 Å². The fourth-order valence-electron chi connectivity index (χ4n) is 1.80. The van der Waals surface area contributed by atoms with Crippen molar-refractivity contribution in [1.82, 2.24) is 14.8 Å². The average Bonchev–Trinajstić information content (AvgIpc) is 2.95. The molecule has 0 aliphatic heterocycles. The van der Waals surface area contributed by atoms with Crippen molar-refractivity contribution in [2.75, 3.05) is 0 Å². The third kappa shape index (κ3) is 3.04. The lowest BCUT2D eigenvalue weighted by atomic mass is 10.1. The maximum Gasteiger partial charge on any atom is 0.308 e. The molecule has 1 aromatic carbocycles. The minimum Gasteiger partial charge on any atom is -0.481 e. The number of rotatable bonds is 5. The summed E-state index contributed by atoms with van der Waals surface area (Å²) in [6, 6.07) is 5.61. The molecule has 0 spiro atoms. The Kier molecular flexibility index (Phi) is 3.97. The van der Waals surface area contributed by atoms with Crippen LogP contribution in [0.25, 0.3) is 11.4 Å². The number of carboxylic acid groups (broad SMARTS) is 1. The van der Waals surface area contributed by atoms with Gasteiger partial charge in [-0.25, -0.2) is 9.67 Å². The van der Waals surface area contributed by atoms with E-state index >= 15 is 0 Å². The number of nitro groups is 1. The van der Waals surface area contributed by atoms with Gasteiger partial charge in [0.15, 0.2) is 5.82 Å². The number of aliphatic carboxylic acids is 1. The van der Waals surface area contributed by atoms with Crippen molar-refractivity contribution in [2.45, 2.75) is 19.9 Å². The third-order valence-corrected chi connectivity index (χ3v) is 3.35. The van der Waals surface area contributed by atoms with Crippen molar-refractivity contribution >= 4 is 11.7 Å². The topological polar surface area (TPSA) is 111 Å². The highest BCUT2D eigenvalue weighted by Crippen LogP contribution is 2.22. The second-order valence-corrected chi connectivity index (χ2v) is 4.72. The molecule has 0 amide bonds. The van der Waals surface area contributed by atoms with Gasteiger partial charge in [0.25, 0.3) is 5.69 Å². The first kappa shape index (κ1) is 14.6. The van der Waals surface area contributed by atoms with Crippen molar-refractivity contribution < 1.29 is 14.8 Å². The fourth-order valence-corrected chi connectivity index (χ4v) is 1.80. The predicted octanol–water partition coefficient (Wildman–Crippen LogP) is 2.13. The van der Waals surface area contributed by atoms with Gasteiger partial charge in [-0.05, 0) is 13.8 Å². The number of nitro benzene ring substituents is 1. The highest BCUT2D eigenvalue weighted by molar-refractivity contribution is 5.70. The second-order valence-electron chi connectivity index (χ2n) is 4.72. The van der Waals surface area contributed by atoms with Gasteiger partial charge in [-0.15, -0.1) is 0 Å². The number of aromatic nitrogens is 3. The summed E-state index contributed by atoms with van der Waals surface area (Å²) in [5.41, 5.74) is 0.467. The van der Waals surface area contributed by atoms with Crippen LogP contribution in [0.3, 0.4) is 0 Å². The van der Waals surface area contributed by atoms with E-state index in [1.165, 1.54) is 23.1 Å². The summed E-state index contributed by atoms with van der Waals surface area (Å²) in [5.74, 6) is -1.22. The van der Waals surface area contributed by atoms with Crippen molar-refractivity contribution in [2.24, 2.45) is 5.92 Å². The van der Waals surface area contributed by atoms with Gasteiger partial charge in [0.05, 0.1) is 16.9 Å². The number of benzene rings is 1. The first-order valence-electron chi connectivity index (χ1n) is 6.29. The van der Waals surface area contributed by atoms with E-state index in [4.69, 9.17) is 5.11 Å². The largest absolute Gasteiger partial charge is 0.481 e. The number of carboxylic acids is 1. The Hall–Kier alpha value is -2.77. The Bertz CT molecular complexity index is 682. The summed E-state index contributed by atoms with van der Waals surface area (Å²) in [6.07, 6.45) is 1.43. The minimum atomic E-state index is -0.921. The Morgan fingerprint density at radius 2 is 2.14 bits per heavy atom. The van der Waals surface area contributed by atoms with E-state index in [1.54, 1.807) is 26.0 Å². The monoisotopic (exact) mass is 290 g/mol. The van der Waals surface area contributed by atoms with Crippen LogP contribution in [0.15, 0.2) is 30.6 Å². The van der Waals surface area contributed by atoms with Gasteiger partial charge < -0.3 is 5.11 Å². The summed E-state index contributed by atoms with van der Waals surface area (Å²) in [6.45, 7) is 3.31. The zero-order chi connectivity index (χ0) is 15.6. The molecule has 2 unspecified atom stereocenters. The van der Waals surface area contributed by atoms with Crippen molar-refractivity contribution in [3.05, 3.63) is 40.7 Å². The number of non-ortho nitro benzene ring substituents is 1. The Balaban J connectivity index is 2.30. The number of hydrogen-bond acceptors (Lipinski definition) is 5. The molecule has 0 radical (unpaired) electrons. The minimum absolute atomic E-state index is 0.0456. The molecule has 21 heavy (non-hydrogen) atoms. The standard InChI is InChI=1S/C13H14N4O4/c1-8(13(18)19)9(2)16-7-14-12(15-16)10-4-3-5-11(6-10)17(20)21/h3-9H,1-2H3,(H,18,19). The SMILES string of the molecule is CC(C(=O)O)C(C)n1cnc(-c2cccc([N+](=O)[O-])c2)n1. The molecule has 2 aromatic rings. The van der Waals surface area contributed by atoms with E-state index in [2.05, 4.69) is 10.1 Å². The fraction of sp³-hybridized carbons (Fsp3) is 0.308. The molecular formula is C13H14N4O4. The van der Waals surface area contributed by atoms with Crippen LogP contribution in [0.4, 0.5) is 5.69 Å². The van der Waals surface area contributed by atoms with Crippen LogP contribution in [0.1, 0.15) is 19.9 Å². The van der Waals surface area contributed by atoms with Gasteiger partial charge in [-0.2, -0.15) is 5.10 Å². The van der Waals surface area contributed by atoms with Crippen molar-refractivity contribution in [3.8, 4) is 11.4 Å². The predicted molar refractivity (Wildman–Crippen MR) is 73.6 cm³/mol. The maximum atomic E-state index is 11.0. The molecule has 2 rings (SSSR count). The Morgan fingerprint density at radius 3 is 2.76 bits per heavy atom. The molecule has 0 fully saturated rings. The van der Waals surface area contributed by atoms with Gasteiger partial charge in [0.1, 0.15) is 6.33 Å². The van der Waals surface area contributed by atoms with Crippen LogP contribution in [0.5, 0.6) is 0 Å².